The molecule has 3 atom stereocenters. The lowest BCUT2D eigenvalue weighted by molar-refractivity contribution is -0.151. The number of carboxylic acid groups (broad SMARTS) is 1. The standard InChI is InChI=1S/C10H17NO4S/c1-6(5-16-2)11-9(12)7-3-4-8(15-7)10(13)14/h6-8H,3-5H2,1-2H3,(H,11,12)(H,13,14). The Labute approximate surface area is 98.9 Å². The van der Waals surface area contributed by atoms with Gasteiger partial charge in [0.15, 0.2) is 6.10 Å². The van der Waals surface area contributed by atoms with E-state index < -0.39 is 18.2 Å². The van der Waals surface area contributed by atoms with Crippen molar-refractivity contribution in [1.29, 1.82) is 0 Å². The molecule has 1 fully saturated rings. The number of carboxylic acids is 1. The monoisotopic (exact) mass is 247 g/mol. The molecule has 1 saturated heterocycles. The van der Waals surface area contributed by atoms with Crippen molar-refractivity contribution in [3.63, 3.8) is 0 Å². The van der Waals surface area contributed by atoms with E-state index in [1.807, 2.05) is 13.2 Å². The molecule has 1 heterocycles. The van der Waals surface area contributed by atoms with E-state index in [-0.39, 0.29) is 11.9 Å². The van der Waals surface area contributed by atoms with Crippen LogP contribution in [-0.2, 0) is 14.3 Å². The smallest absolute Gasteiger partial charge is 0.332 e. The molecule has 1 rings (SSSR count). The Morgan fingerprint density at radius 2 is 2.12 bits per heavy atom. The molecule has 0 aliphatic carbocycles. The Bertz CT molecular complexity index is 272. The molecule has 1 aliphatic rings. The van der Waals surface area contributed by atoms with Crippen LogP contribution in [0.3, 0.4) is 0 Å². The molecular formula is C10H17NO4S. The van der Waals surface area contributed by atoms with Crippen LogP contribution in [0.5, 0.6) is 0 Å². The number of nitrogens with one attached hydrogen (secondary N) is 1. The van der Waals surface area contributed by atoms with E-state index in [4.69, 9.17) is 9.84 Å². The first-order valence-electron chi connectivity index (χ1n) is 5.22. The molecule has 0 aromatic rings. The third-order valence-electron chi connectivity index (χ3n) is 2.39. The van der Waals surface area contributed by atoms with Crippen molar-refractivity contribution < 1.29 is 19.4 Å². The summed E-state index contributed by atoms with van der Waals surface area (Å²) in [6.07, 6.45) is 1.42. The lowest BCUT2D eigenvalue weighted by atomic mass is 10.2. The van der Waals surface area contributed by atoms with Crippen molar-refractivity contribution in [2.75, 3.05) is 12.0 Å². The molecule has 2 N–H and O–H groups in total. The molecule has 5 nitrogen and oxygen atoms in total. The van der Waals surface area contributed by atoms with Gasteiger partial charge in [0.05, 0.1) is 0 Å². The average Bonchev–Trinajstić information content (AvgIpc) is 2.66. The maximum absolute atomic E-state index is 11.7. The van der Waals surface area contributed by atoms with Gasteiger partial charge in [-0.05, 0) is 26.0 Å². The fourth-order valence-corrected chi connectivity index (χ4v) is 2.22. The highest BCUT2D eigenvalue weighted by Gasteiger charge is 2.34. The lowest BCUT2D eigenvalue weighted by Gasteiger charge is -2.16. The van der Waals surface area contributed by atoms with Crippen molar-refractivity contribution in [1.82, 2.24) is 5.32 Å². The Hall–Kier alpha value is -0.750. The fraction of sp³-hybridized carbons (Fsp3) is 0.800. The summed E-state index contributed by atoms with van der Waals surface area (Å²) in [6, 6.07) is 0.0787. The molecule has 0 saturated carbocycles. The third kappa shape index (κ3) is 3.68. The molecule has 1 amide bonds. The molecule has 0 aromatic heterocycles. The van der Waals surface area contributed by atoms with E-state index in [9.17, 15) is 9.59 Å². The Morgan fingerprint density at radius 1 is 1.50 bits per heavy atom. The number of carbonyl (C=O) groups excluding carboxylic acids is 1. The van der Waals surface area contributed by atoms with E-state index in [0.717, 1.165) is 5.75 Å². The van der Waals surface area contributed by atoms with Crippen molar-refractivity contribution in [2.24, 2.45) is 0 Å². The second kappa shape index (κ2) is 6.10. The Morgan fingerprint density at radius 3 is 2.62 bits per heavy atom. The maximum Gasteiger partial charge on any atom is 0.332 e. The topological polar surface area (TPSA) is 75.6 Å². The normalized spacial score (nSPS) is 26.4. The molecule has 0 spiro atoms. The van der Waals surface area contributed by atoms with Crippen LogP contribution in [0.4, 0.5) is 0 Å². The number of carbonyl (C=O) groups is 2. The lowest BCUT2D eigenvalue weighted by Crippen LogP contribution is -2.41. The zero-order valence-electron chi connectivity index (χ0n) is 9.43. The largest absolute Gasteiger partial charge is 0.479 e. The van der Waals surface area contributed by atoms with Gasteiger partial charge in [0.1, 0.15) is 6.10 Å². The summed E-state index contributed by atoms with van der Waals surface area (Å²) in [5.74, 6) is -0.362. The average molecular weight is 247 g/mol. The van der Waals surface area contributed by atoms with Crippen LogP contribution in [0, 0.1) is 0 Å². The fourth-order valence-electron chi connectivity index (χ4n) is 1.64. The third-order valence-corrected chi connectivity index (χ3v) is 3.23. The van der Waals surface area contributed by atoms with Gasteiger partial charge in [-0.1, -0.05) is 0 Å². The van der Waals surface area contributed by atoms with Gasteiger partial charge in [-0.2, -0.15) is 11.8 Å². The molecule has 16 heavy (non-hydrogen) atoms. The van der Waals surface area contributed by atoms with Crippen LogP contribution >= 0.6 is 11.8 Å². The number of hydrogen-bond donors (Lipinski definition) is 2. The zero-order valence-corrected chi connectivity index (χ0v) is 10.3. The Kier molecular flexibility index (Phi) is 5.08. The highest BCUT2D eigenvalue weighted by atomic mass is 32.2. The Balaban J connectivity index is 2.36. The number of amides is 1. The number of thioether (sulfide) groups is 1. The van der Waals surface area contributed by atoms with E-state index >= 15 is 0 Å². The maximum atomic E-state index is 11.7. The second-order valence-electron chi connectivity index (χ2n) is 3.89. The molecule has 1 aliphatic heterocycles. The van der Waals surface area contributed by atoms with Gasteiger partial charge >= 0.3 is 5.97 Å². The quantitative estimate of drug-likeness (QED) is 0.739. The number of ether oxygens (including phenoxy) is 1. The SMILES string of the molecule is CSCC(C)NC(=O)C1CCC(C(=O)O)O1. The predicted octanol–water partition coefficient (Wildman–Crippen LogP) is 0.486. The van der Waals surface area contributed by atoms with Crippen LogP contribution < -0.4 is 5.32 Å². The first kappa shape index (κ1) is 13.3. The highest BCUT2D eigenvalue weighted by Crippen LogP contribution is 2.20. The van der Waals surface area contributed by atoms with E-state index in [0.29, 0.717) is 12.8 Å². The van der Waals surface area contributed by atoms with Gasteiger partial charge in [-0.15, -0.1) is 0 Å². The van der Waals surface area contributed by atoms with Gasteiger partial charge in [-0.3, -0.25) is 4.79 Å². The number of rotatable bonds is 5. The molecule has 0 aromatic carbocycles. The highest BCUT2D eigenvalue weighted by molar-refractivity contribution is 7.98. The van der Waals surface area contributed by atoms with Crippen LogP contribution in [0.15, 0.2) is 0 Å². The van der Waals surface area contributed by atoms with Crippen LogP contribution in [-0.4, -0.2) is 47.2 Å². The minimum atomic E-state index is -0.993. The van der Waals surface area contributed by atoms with Gasteiger partial charge < -0.3 is 15.2 Å². The summed E-state index contributed by atoms with van der Waals surface area (Å²) < 4.78 is 5.15. The minimum Gasteiger partial charge on any atom is -0.479 e. The first-order chi connectivity index (χ1) is 7.54. The summed E-state index contributed by atoms with van der Waals surface area (Å²) in [4.78, 5) is 22.3. The van der Waals surface area contributed by atoms with Crippen LogP contribution in [0.1, 0.15) is 19.8 Å². The first-order valence-corrected chi connectivity index (χ1v) is 6.61. The second-order valence-corrected chi connectivity index (χ2v) is 4.80. The zero-order chi connectivity index (χ0) is 12.1. The summed E-state index contributed by atoms with van der Waals surface area (Å²) in [7, 11) is 0. The van der Waals surface area contributed by atoms with Gasteiger partial charge in [-0.25, -0.2) is 4.79 Å². The van der Waals surface area contributed by atoms with Crippen molar-refractivity contribution in [3.05, 3.63) is 0 Å². The van der Waals surface area contributed by atoms with E-state index in [1.54, 1.807) is 11.8 Å². The van der Waals surface area contributed by atoms with Crippen molar-refractivity contribution >= 4 is 23.6 Å². The van der Waals surface area contributed by atoms with Crippen LogP contribution in [0.2, 0.25) is 0 Å². The van der Waals surface area contributed by atoms with E-state index in [2.05, 4.69) is 5.32 Å². The predicted molar refractivity (Wildman–Crippen MR) is 61.5 cm³/mol. The molecule has 6 heteroatoms. The van der Waals surface area contributed by atoms with Crippen molar-refractivity contribution in [2.45, 2.75) is 38.0 Å². The summed E-state index contributed by atoms with van der Waals surface area (Å²) in [5.41, 5.74) is 0. The summed E-state index contributed by atoms with van der Waals surface area (Å²) in [5, 5.41) is 11.5. The van der Waals surface area contributed by atoms with Gasteiger partial charge in [0.25, 0.3) is 0 Å². The molecule has 0 radical (unpaired) electrons. The summed E-state index contributed by atoms with van der Waals surface area (Å²) >= 11 is 1.65. The number of hydrogen-bond acceptors (Lipinski definition) is 4. The van der Waals surface area contributed by atoms with Gasteiger partial charge in [0.2, 0.25) is 5.91 Å². The number of aliphatic carboxylic acids is 1. The minimum absolute atomic E-state index is 0.0787. The van der Waals surface area contributed by atoms with Crippen LogP contribution in [0.25, 0.3) is 0 Å². The van der Waals surface area contributed by atoms with E-state index in [1.165, 1.54) is 0 Å². The van der Waals surface area contributed by atoms with Crippen molar-refractivity contribution in [3.8, 4) is 0 Å². The molecule has 3 unspecified atom stereocenters. The molecule has 0 bridgehead atoms. The summed E-state index contributed by atoms with van der Waals surface area (Å²) in [6.45, 7) is 1.91. The molecule has 92 valence electrons. The van der Waals surface area contributed by atoms with Gasteiger partial charge in [0, 0.05) is 11.8 Å². The molecular weight excluding hydrogens is 230 g/mol.